The molecule has 0 bridgehead atoms. The maximum atomic E-state index is 12.6. The van der Waals surface area contributed by atoms with Crippen LogP contribution in [0.3, 0.4) is 0 Å². The molecule has 3 aromatic rings. The van der Waals surface area contributed by atoms with Crippen molar-refractivity contribution in [3.05, 3.63) is 77.1 Å². The van der Waals surface area contributed by atoms with E-state index in [0.29, 0.717) is 5.56 Å². The van der Waals surface area contributed by atoms with Crippen LogP contribution in [0.15, 0.2) is 60.4 Å². The number of carbonyl (C=O) groups excluding carboxylic acids is 1. The van der Waals surface area contributed by atoms with E-state index in [9.17, 15) is 76.3 Å². The fraction of sp³-hybridized carbons (Fsp3) is 0.452. The van der Waals surface area contributed by atoms with Gasteiger partial charge in [-0.2, -0.15) is 0 Å². The highest BCUT2D eigenvalue weighted by Gasteiger charge is 2.50. The Balaban J connectivity index is 1.08. The normalized spacial score (nSPS) is 34.8. The summed E-state index contributed by atoms with van der Waals surface area (Å²) in [6.45, 7) is -0.0427. The predicted molar refractivity (Wildman–Crippen MR) is 212 cm³/mol. The average molecular weight is 921 g/mol. The Hall–Kier alpha value is -5.51. The third-order valence-electron chi connectivity index (χ3n) is 11.1. The van der Waals surface area contributed by atoms with Crippen LogP contribution in [0.5, 0.6) is 40.2 Å². The van der Waals surface area contributed by atoms with Crippen molar-refractivity contribution in [2.75, 3.05) is 13.2 Å². The van der Waals surface area contributed by atoms with Gasteiger partial charge in [-0.15, -0.1) is 0 Å². The molecule has 0 spiro atoms. The molecular formula is C42H48O23. The zero-order valence-electron chi connectivity index (χ0n) is 33.9. The van der Waals surface area contributed by atoms with Gasteiger partial charge in [0.2, 0.25) is 12.6 Å². The second kappa shape index (κ2) is 19.5. The van der Waals surface area contributed by atoms with Crippen molar-refractivity contribution in [2.45, 2.75) is 105 Å². The number of hydrogen-bond donors (Lipinski definition) is 14. The second-order valence-corrected chi connectivity index (χ2v) is 15.6. The lowest BCUT2D eigenvalue weighted by Gasteiger charge is -2.43. The maximum absolute atomic E-state index is 12.6. The highest BCUT2D eigenvalue weighted by molar-refractivity contribution is 5.87. The number of benzene rings is 3. The molecule has 1 unspecified atom stereocenters. The summed E-state index contributed by atoms with van der Waals surface area (Å²) in [6, 6.07) is 9.60. The van der Waals surface area contributed by atoms with Crippen LogP contribution in [-0.2, 0) is 33.2 Å². The van der Waals surface area contributed by atoms with Gasteiger partial charge in [-0.3, -0.25) is 0 Å². The second-order valence-electron chi connectivity index (χ2n) is 15.6. The van der Waals surface area contributed by atoms with Crippen LogP contribution >= 0.6 is 0 Å². The Morgan fingerprint density at radius 1 is 0.662 bits per heavy atom. The fourth-order valence-electron chi connectivity index (χ4n) is 7.41. The van der Waals surface area contributed by atoms with Gasteiger partial charge in [0.15, 0.2) is 41.5 Å². The maximum Gasteiger partial charge on any atom is 0.331 e. The first-order chi connectivity index (χ1) is 30.8. The summed E-state index contributed by atoms with van der Waals surface area (Å²) in [6.07, 6.45) is -23.3. The lowest BCUT2D eigenvalue weighted by atomic mass is 9.98. The van der Waals surface area contributed by atoms with Crippen molar-refractivity contribution < 1.29 is 114 Å². The van der Waals surface area contributed by atoms with Crippen molar-refractivity contribution in [1.82, 2.24) is 0 Å². The topological polar surface area (TPSA) is 374 Å². The van der Waals surface area contributed by atoms with Gasteiger partial charge in [0.1, 0.15) is 84.0 Å². The van der Waals surface area contributed by atoms with Crippen LogP contribution in [0.25, 0.3) is 12.2 Å². The Morgan fingerprint density at radius 2 is 1.28 bits per heavy atom. The number of aliphatic hydroxyl groups excluding tert-OH is 9. The molecule has 0 amide bonds. The Bertz CT molecular complexity index is 2230. The predicted octanol–water partition coefficient (Wildman–Crippen LogP) is -2.20. The molecule has 0 aliphatic carbocycles. The van der Waals surface area contributed by atoms with Crippen LogP contribution in [0.2, 0.25) is 0 Å². The van der Waals surface area contributed by atoms with E-state index in [1.807, 2.05) is 0 Å². The zero-order chi connectivity index (χ0) is 47.0. The smallest absolute Gasteiger partial charge is 0.331 e. The molecular weight excluding hydrogens is 872 g/mol. The number of aliphatic hydroxyl groups is 9. The SMILES string of the molecule is C[C@H]1O[C@@H](OC[C@H]2O[C@@H](OC3=Cc4c(cc(O)cc4O[C@@H]4O[C@H](CO)[C@@H](O)[C@H](O)[C@@H]4O)OC3c3ccc(O)c(O)c3)[C@@H](O)[C@H](O)[C@@H]2O)[C@H](O)[C@@H](O)[C@H]1OC(=O)/C=C/c1ccc(O)c(O)c1. The van der Waals surface area contributed by atoms with Crippen LogP contribution in [-0.4, -0.2) is 183 Å². The van der Waals surface area contributed by atoms with E-state index in [1.54, 1.807) is 0 Å². The summed E-state index contributed by atoms with van der Waals surface area (Å²) in [5.74, 6) is -3.89. The van der Waals surface area contributed by atoms with E-state index in [-0.39, 0.29) is 34.1 Å². The average Bonchev–Trinajstić information content (AvgIpc) is 3.27. The largest absolute Gasteiger partial charge is 0.508 e. The van der Waals surface area contributed by atoms with E-state index < -0.39 is 140 Å². The first-order valence-corrected chi connectivity index (χ1v) is 20.0. The number of aromatic hydroxyl groups is 5. The van der Waals surface area contributed by atoms with E-state index in [4.69, 9.17) is 37.9 Å². The van der Waals surface area contributed by atoms with Gasteiger partial charge in [-0.1, -0.05) is 12.1 Å². The van der Waals surface area contributed by atoms with Gasteiger partial charge in [-0.25, -0.2) is 4.79 Å². The standard InChI is InChI=1S/C42H48O23/c1-15-38(65-29(49)7-3-16-2-5-20(45)22(47)8-16)34(54)37(57)40(59-15)58-14-28-31(51)33(53)36(56)42(64-28)62-26-12-19-24(60-39(26)17-4-6-21(46)23(48)9-17)10-18(44)11-25(19)61-41-35(55)32(52)30(50)27(13-43)63-41/h2-12,15,27-28,30-48,50-57H,13-14H2,1H3/b7-3+/t15-,27-,28-,30-,31-,32+,33-,34-,35+,36+,37-,38+,39?,40-,41-,42-/m1/s1. The van der Waals surface area contributed by atoms with E-state index in [0.717, 1.165) is 30.3 Å². The first-order valence-electron chi connectivity index (χ1n) is 20.0. The molecule has 0 saturated carbocycles. The molecule has 4 aliphatic rings. The summed E-state index contributed by atoms with van der Waals surface area (Å²) in [5.41, 5.74) is 0.434. The molecule has 354 valence electrons. The van der Waals surface area contributed by atoms with Gasteiger partial charge in [0.05, 0.1) is 24.9 Å². The molecule has 4 heterocycles. The molecule has 16 atom stereocenters. The van der Waals surface area contributed by atoms with Crippen LogP contribution < -0.4 is 9.47 Å². The quantitative estimate of drug-likeness (QED) is 0.0521. The number of hydrogen-bond acceptors (Lipinski definition) is 23. The van der Waals surface area contributed by atoms with Crippen molar-refractivity contribution in [3.8, 4) is 40.2 Å². The number of carbonyl (C=O) groups is 1. The minimum absolute atomic E-state index is 0.0199. The van der Waals surface area contributed by atoms with Gasteiger partial charge < -0.3 is 109 Å². The number of rotatable bonds is 12. The molecule has 7 rings (SSSR count). The minimum Gasteiger partial charge on any atom is -0.508 e. The highest BCUT2D eigenvalue weighted by atomic mass is 16.7. The van der Waals surface area contributed by atoms with E-state index in [2.05, 4.69) is 0 Å². The first kappa shape index (κ1) is 47.5. The molecule has 65 heavy (non-hydrogen) atoms. The lowest BCUT2D eigenvalue weighted by molar-refractivity contribution is -0.325. The van der Waals surface area contributed by atoms with Crippen molar-refractivity contribution in [3.63, 3.8) is 0 Å². The van der Waals surface area contributed by atoms with Crippen molar-refractivity contribution in [2.24, 2.45) is 0 Å². The summed E-state index contributed by atoms with van der Waals surface area (Å²) in [5, 5.41) is 146. The molecule has 3 saturated heterocycles. The van der Waals surface area contributed by atoms with Gasteiger partial charge >= 0.3 is 5.97 Å². The van der Waals surface area contributed by atoms with Crippen molar-refractivity contribution in [1.29, 1.82) is 0 Å². The molecule has 0 radical (unpaired) electrons. The van der Waals surface area contributed by atoms with Gasteiger partial charge in [-0.05, 0) is 48.9 Å². The Morgan fingerprint density at radius 3 is 1.94 bits per heavy atom. The summed E-state index contributed by atoms with van der Waals surface area (Å²) in [7, 11) is 0. The highest BCUT2D eigenvalue weighted by Crippen LogP contribution is 2.46. The lowest BCUT2D eigenvalue weighted by Crippen LogP contribution is -2.61. The molecule has 23 heteroatoms. The van der Waals surface area contributed by atoms with Crippen LogP contribution in [0.1, 0.15) is 29.7 Å². The van der Waals surface area contributed by atoms with Crippen molar-refractivity contribution >= 4 is 18.1 Å². The van der Waals surface area contributed by atoms with Crippen LogP contribution in [0.4, 0.5) is 0 Å². The Labute approximate surface area is 367 Å². The molecule has 4 aliphatic heterocycles. The summed E-state index contributed by atoms with van der Waals surface area (Å²) < 4.78 is 46.1. The summed E-state index contributed by atoms with van der Waals surface area (Å²) >= 11 is 0. The summed E-state index contributed by atoms with van der Waals surface area (Å²) in [4.78, 5) is 12.6. The number of ether oxygens (including phenoxy) is 8. The number of esters is 1. The van der Waals surface area contributed by atoms with E-state index >= 15 is 0 Å². The van der Waals surface area contributed by atoms with Gasteiger partial charge in [0.25, 0.3) is 0 Å². The molecule has 3 fully saturated rings. The van der Waals surface area contributed by atoms with Gasteiger partial charge in [0, 0.05) is 23.8 Å². The molecule has 14 N–H and O–H groups in total. The zero-order valence-corrected chi connectivity index (χ0v) is 33.9. The number of phenolic OH excluding ortho intramolecular Hbond substituents is 5. The minimum atomic E-state index is -1.98. The third-order valence-corrected chi connectivity index (χ3v) is 11.1. The Kier molecular flexibility index (Phi) is 14.3. The third kappa shape index (κ3) is 10.0. The molecule has 3 aromatic carbocycles. The molecule has 23 nitrogen and oxygen atoms in total. The number of fused-ring (bicyclic) bond motifs is 1. The fourth-order valence-corrected chi connectivity index (χ4v) is 7.41. The monoisotopic (exact) mass is 920 g/mol. The van der Waals surface area contributed by atoms with Crippen LogP contribution in [0, 0.1) is 0 Å². The number of phenols is 5. The molecule has 0 aromatic heterocycles. The van der Waals surface area contributed by atoms with E-state index in [1.165, 1.54) is 43.3 Å².